The number of aryl methyl sites for hydroxylation is 1. The number of fused-ring (bicyclic) bond motifs is 1. The maximum absolute atomic E-state index is 14.0. The number of benzene rings is 3. The van der Waals surface area contributed by atoms with Crippen LogP contribution in [0, 0.1) is 12.7 Å². The second-order valence-corrected chi connectivity index (χ2v) is 7.21. The van der Waals surface area contributed by atoms with E-state index in [1.54, 1.807) is 28.8 Å². The van der Waals surface area contributed by atoms with Crippen LogP contribution in [0.15, 0.2) is 82.7 Å². The molecule has 4 rings (SSSR count). The minimum atomic E-state index is -0.255. The number of nitrogens with zero attached hydrogens (tertiary/aromatic N) is 2. The lowest BCUT2D eigenvalue weighted by Crippen LogP contribution is -2.21. The van der Waals surface area contributed by atoms with Gasteiger partial charge in [-0.3, -0.25) is 9.36 Å². The van der Waals surface area contributed by atoms with Crippen molar-refractivity contribution >= 4 is 22.7 Å². The van der Waals surface area contributed by atoms with E-state index in [0.29, 0.717) is 27.4 Å². The maximum atomic E-state index is 14.0. The molecular weight excluding hydrogens is 359 g/mol. The Morgan fingerprint density at radius 3 is 2.44 bits per heavy atom. The van der Waals surface area contributed by atoms with Gasteiger partial charge < -0.3 is 0 Å². The summed E-state index contributed by atoms with van der Waals surface area (Å²) < 4.78 is 15.6. The zero-order valence-electron chi connectivity index (χ0n) is 14.7. The summed E-state index contributed by atoms with van der Waals surface area (Å²) in [6.07, 6.45) is 0. The van der Waals surface area contributed by atoms with E-state index in [0.717, 1.165) is 11.3 Å². The zero-order chi connectivity index (χ0) is 18.8. The van der Waals surface area contributed by atoms with E-state index in [-0.39, 0.29) is 11.4 Å². The summed E-state index contributed by atoms with van der Waals surface area (Å²) in [6.45, 7) is 2.00. The van der Waals surface area contributed by atoms with Crippen molar-refractivity contribution in [3.05, 3.63) is 100 Å². The van der Waals surface area contributed by atoms with Crippen molar-refractivity contribution in [2.24, 2.45) is 0 Å². The average molecular weight is 376 g/mol. The van der Waals surface area contributed by atoms with Crippen molar-refractivity contribution < 1.29 is 4.39 Å². The molecule has 1 heterocycles. The Bertz CT molecular complexity index is 1170. The van der Waals surface area contributed by atoms with E-state index < -0.39 is 0 Å². The Balaban J connectivity index is 1.84. The molecule has 4 aromatic rings. The van der Waals surface area contributed by atoms with Crippen LogP contribution in [0.2, 0.25) is 0 Å². The van der Waals surface area contributed by atoms with Crippen LogP contribution in [-0.2, 0) is 5.75 Å². The fourth-order valence-corrected chi connectivity index (χ4v) is 3.89. The lowest BCUT2D eigenvalue weighted by molar-refractivity contribution is 0.617. The monoisotopic (exact) mass is 376 g/mol. The topological polar surface area (TPSA) is 34.9 Å². The van der Waals surface area contributed by atoms with Crippen molar-refractivity contribution in [2.75, 3.05) is 0 Å². The molecule has 0 aliphatic heterocycles. The van der Waals surface area contributed by atoms with Gasteiger partial charge in [0, 0.05) is 5.75 Å². The molecule has 134 valence electrons. The molecule has 0 fully saturated rings. The fourth-order valence-electron chi connectivity index (χ4n) is 2.89. The molecule has 0 spiro atoms. The number of para-hydroxylation sites is 1. The molecule has 3 nitrogen and oxygen atoms in total. The van der Waals surface area contributed by atoms with E-state index in [2.05, 4.69) is 4.98 Å². The van der Waals surface area contributed by atoms with Gasteiger partial charge in [-0.05, 0) is 42.8 Å². The molecule has 0 bridgehead atoms. The first-order chi connectivity index (χ1) is 13.1. The SMILES string of the molecule is Cc1ccc(-n2c(SCc3ccccc3F)nc3ccccc3c2=O)cc1. The van der Waals surface area contributed by atoms with Gasteiger partial charge in [0.05, 0.1) is 16.6 Å². The third kappa shape index (κ3) is 3.51. The van der Waals surface area contributed by atoms with Gasteiger partial charge in [-0.2, -0.15) is 0 Å². The molecule has 0 saturated carbocycles. The Morgan fingerprint density at radius 2 is 1.67 bits per heavy atom. The molecule has 0 atom stereocenters. The van der Waals surface area contributed by atoms with Crippen LogP contribution in [0.1, 0.15) is 11.1 Å². The number of thioether (sulfide) groups is 1. The van der Waals surface area contributed by atoms with Gasteiger partial charge in [-0.15, -0.1) is 0 Å². The molecule has 0 amide bonds. The number of aromatic nitrogens is 2. The van der Waals surface area contributed by atoms with Crippen molar-refractivity contribution in [1.82, 2.24) is 9.55 Å². The first kappa shape index (κ1) is 17.5. The van der Waals surface area contributed by atoms with Crippen molar-refractivity contribution in [1.29, 1.82) is 0 Å². The number of rotatable bonds is 4. The second kappa shape index (κ2) is 7.37. The van der Waals surface area contributed by atoms with E-state index in [1.807, 2.05) is 49.4 Å². The van der Waals surface area contributed by atoms with Gasteiger partial charge in [0.1, 0.15) is 5.82 Å². The molecule has 5 heteroatoms. The van der Waals surface area contributed by atoms with Crippen LogP contribution < -0.4 is 5.56 Å². The Kier molecular flexibility index (Phi) is 4.77. The molecule has 0 aliphatic rings. The van der Waals surface area contributed by atoms with Crippen LogP contribution in [0.5, 0.6) is 0 Å². The first-order valence-corrected chi connectivity index (χ1v) is 9.57. The molecule has 0 radical (unpaired) electrons. The highest BCUT2D eigenvalue weighted by Gasteiger charge is 2.14. The Labute approximate surface area is 160 Å². The van der Waals surface area contributed by atoms with E-state index >= 15 is 0 Å². The van der Waals surface area contributed by atoms with Gasteiger partial charge in [0.15, 0.2) is 5.16 Å². The van der Waals surface area contributed by atoms with Gasteiger partial charge >= 0.3 is 0 Å². The van der Waals surface area contributed by atoms with Gasteiger partial charge in [-0.25, -0.2) is 9.37 Å². The molecular formula is C22H17FN2OS. The molecule has 0 N–H and O–H groups in total. The van der Waals surface area contributed by atoms with Gasteiger partial charge in [-0.1, -0.05) is 59.8 Å². The average Bonchev–Trinajstić information content (AvgIpc) is 2.69. The van der Waals surface area contributed by atoms with E-state index in [4.69, 9.17) is 0 Å². The molecule has 27 heavy (non-hydrogen) atoms. The van der Waals surface area contributed by atoms with Crippen molar-refractivity contribution in [2.45, 2.75) is 17.8 Å². The van der Waals surface area contributed by atoms with Crippen molar-refractivity contribution in [3.8, 4) is 5.69 Å². The van der Waals surface area contributed by atoms with Gasteiger partial charge in [0.2, 0.25) is 0 Å². The minimum absolute atomic E-state index is 0.125. The summed E-state index contributed by atoms with van der Waals surface area (Å²) >= 11 is 1.35. The third-order valence-electron chi connectivity index (χ3n) is 4.35. The van der Waals surface area contributed by atoms with Crippen LogP contribution in [0.4, 0.5) is 4.39 Å². The van der Waals surface area contributed by atoms with Crippen LogP contribution in [0.3, 0.4) is 0 Å². The number of hydrogen-bond acceptors (Lipinski definition) is 3. The number of halogens is 1. The zero-order valence-corrected chi connectivity index (χ0v) is 15.5. The lowest BCUT2D eigenvalue weighted by Gasteiger charge is -2.13. The predicted octanol–water partition coefficient (Wildman–Crippen LogP) is 5.13. The van der Waals surface area contributed by atoms with E-state index in [9.17, 15) is 9.18 Å². The van der Waals surface area contributed by atoms with E-state index in [1.165, 1.54) is 17.8 Å². The highest BCUT2D eigenvalue weighted by molar-refractivity contribution is 7.98. The minimum Gasteiger partial charge on any atom is -0.268 e. The second-order valence-electron chi connectivity index (χ2n) is 6.27. The maximum Gasteiger partial charge on any atom is 0.266 e. The van der Waals surface area contributed by atoms with Crippen LogP contribution in [-0.4, -0.2) is 9.55 Å². The normalized spacial score (nSPS) is 11.0. The van der Waals surface area contributed by atoms with Crippen LogP contribution in [0.25, 0.3) is 16.6 Å². The summed E-state index contributed by atoms with van der Waals surface area (Å²) in [6, 6.07) is 21.7. The summed E-state index contributed by atoms with van der Waals surface area (Å²) in [5.74, 6) is 0.138. The first-order valence-electron chi connectivity index (χ1n) is 8.58. The lowest BCUT2D eigenvalue weighted by atomic mass is 10.2. The molecule has 0 unspecified atom stereocenters. The molecule has 3 aromatic carbocycles. The predicted molar refractivity (Wildman–Crippen MR) is 108 cm³/mol. The van der Waals surface area contributed by atoms with Crippen LogP contribution >= 0.6 is 11.8 Å². The molecule has 0 aliphatic carbocycles. The Morgan fingerprint density at radius 1 is 0.963 bits per heavy atom. The summed E-state index contributed by atoms with van der Waals surface area (Å²) in [4.78, 5) is 17.8. The summed E-state index contributed by atoms with van der Waals surface area (Å²) in [5, 5.41) is 1.11. The summed E-state index contributed by atoms with van der Waals surface area (Å²) in [7, 11) is 0. The number of hydrogen-bond donors (Lipinski definition) is 0. The smallest absolute Gasteiger partial charge is 0.266 e. The van der Waals surface area contributed by atoms with Crippen molar-refractivity contribution in [3.63, 3.8) is 0 Å². The third-order valence-corrected chi connectivity index (χ3v) is 5.34. The molecule has 1 aromatic heterocycles. The molecule has 0 saturated heterocycles. The standard InChI is InChI=1S/C22H17FN2OS/c1-15-10-12-17(13-11-15)25-21(26)18-7-3-5-9-20(18)24-22(25)27-14-16-6-2-4-8-19(16)23/h2-13H,14H2,1H3. The largest absolute Gasteiger partial charge is 0.268 e. The fraction of sp³-hybridized carbons (Fsp3) is 0.0909. The quantitative estimate of drug-likeness (QED) is 0.366. The highest BCUT2D eigenvalue weighted by atomic mass is 32.2. The highest BCUT2D eigenvalue weighted by Crippen LogP contribution is 2.25. The summed E-state index contributed by atoms with van der Waals surface area (Å²) in [5.41, 5.74) is 2.96. The Hall–Kier alpha value is -2.92. The van der Waals surface area contributed by atoms with Gasteiger partial charge in [0.25, 0.3) is 5.56 Å².